The first-order chi connectivity index (χ1) is 8.11. The highest BCUT2D eigenvalue weighted by Gasteiger charge is 2.03. The molecule has 90 valence electrons. The normalized spacial score (nSPS) is 11.6. The number of rotatable bonds is 5. The number of nitrogens with two attached hydrogens (primary N) is 1. The molecule has 0 bridgehead atoms. The van der Waals surface area contributed by atoms with Crippen LogP contribution in [-0.2, 0) is 4.79 Å². The Morgan fingerprint density at radius 2 is 2.35 bits per heavy atom. The van der Waals surface area contributed by atoms with Gasteiger partial charge in [-0.15, -0.1) is 0 Å². The summed E-state index contributed by atoms with van der Waals surface area (Å²) in [4.78, 5) is 11.6. The van der Waals surface area contributed by atoms with Crippen molar-refractivity contribution in [3.8, 4) is 6.07 Å². The van der Waals surface area contributed by atoms with Crippen LogP contribution in [0.25, 0.3) is 0 Å². The predicted octanol–water partition coefficient (Wildman–Crippen LogP) is 2.01. The first kappa shape index (κ1) is 13.2. The van der Waals surface area contributed by atoms with E-state index in [1.165, 1.54) is 0 Å². The van der Waals surface area contributed by atoms with Gasteiger partial charge in [0.25, 0.3) is 0 Å². The van der Waals surface area contributed by atoms with Crippen molar-refractivity contribution in [2.45, 2.75) is 32.2 Å². The Balaban J connectivity index is 2.43. The van der Waals surface area contributed by atoms with Crippen molar-refractivity contribution in [2.24, 2.45) is 5.73 Å². The second-order valence-corrected chi connectivity index (χ2v) is 4.11. The van der Waals surface area contributed by atoms with Crippen molar-refractivity contribution in [1.82, 2.24) is 0 Å². The first-order valence-electron chi connectivity index (χ1n) is 5.67. The third-order valence-corrected chi connectivity index (χ3v) is 2.34. The molecule has 1 aromatic carbocycles. The smallest absolute Gasteiger partial charge is 0.224 e. The Morgan fingerprint density at radius 1 is 1.59 bits per heavy atom. The standard InChI is InChI=1S/C13H17N3O/c1-10(15)4-2-7-13(17)16-12-6-3-5-11(8-12)9-14/h3,5-6,8,10H,2,4,7,15H2,1H3,(H,16,17). The molecule has 0 aliphatic carbocycles. The summed E-state index contributed by atoms with van der Waals surface area (Å²) in [5.74, 6) is -0.0410. The molecule has 0 saturated carbocycles. The van der Waals surface area contributed by atoms with Crippen molar-refractivity contribution < 1.29 is 4.79 Å². The van der Waals surface area contributed by atoms with Crippen LogP contribution in [0, 0.1) is 11.3 Å². The molecule has 0 aliphatic rings. The lowest BCUT2D eigenvalue weighted by atomic mass is 10.1. The molecule has 17 heavy (non-hydrogen) atoms. The van der Waals surface area contributed by atoms with E-state index in [9.17, 15) is 4.79 Å². The Hall–Kier alpha value is -1.86. The minimum Gasteiger partial charge on any atom is -0.328 e. The molecule has 0 aromatic heterocycles. The molecule has 4 nitrogen and oxygen atoms in total. The van der Waals surface area contributed by atoms with Gasteiger partial charge in [0.1, 0.15) is 0 Å². The van der Waals surface area contributed by atoms with E-state index in [0.717, 1.165) is 12.8 Å². The van der Waals surface area contributed by atoms with Crippen LogP contribution in [0.5, 0.6) is 0 Å². The van der Waals surface area contributed by atoms with Gasteiger partial charge in [0.2, 0.25) is 5.91 Å². The number of nitrogens with one attached hydrogen (secondary N) is 1. The Labute approximate surface area is 101 Å². The second kappa shape index (κ2) is 6.66. The topological polar surface area (TPSA) is 78.9 Å². The fourth-order valence-electron chi connectivity index (χ4n) is 1.47. The quantitative estimate of drug-likeness (QED) is 0.813. The molecule has 1 amide bonds. The van der Waals surface area contributed by atoms with Crippen molar-refractivity contribution in [3.05, 3.63) is 29.8 Å². The monoisotopic (exact) mass is 231 g/mol. The summed E-state index contributed by atoms with van der Waals surface area (Å²) < 4.78 is 0. The molecule has 0 aliphatic heterocycles. The highest BCUT2D eigenvalue weighted by molar-refractivity contribution is 5.90. The van der Waals surface area contributed by atoms with Gasteiger partial charge < -0.3 is 11.1 Å². The molecule has 0 fully saturated rings. The van der Waals surface area contributed by atoms with Crippen LogP contribution in [0.3, 0.4) is 0 Å². The number of benzene rings is 1. The molecule has 1 unspecified atom stereocenters. The zero-order chi connectivity index (χ0) is 12.7. The van der Waals surface area contributed by atoms with Gasteiger partial charge in [-0.2, -0.15) is 5.26 Å². The molecule has 1 rings (SSSR count). The number of carbonyl (C=O) groups is 1. The second-order valence-electron chi connectivity index (χ2n) is 4.11. The number of hydrogen-bond donors (Lipinski definition) is 2. The van der Waals surface area contributed by atoms with Gasteiger partial charge in [-0.25, -0.2) is 0 Å². The maximum absolute atomic E-state index is 11.6. The maximum Gasteiger partial charge on any atom is 0.224 e. The molecular formula is C13H17N3O. The van der Waals surface area contributed by atoms with Crippen molar-refractivity contribution in [2.75, 3.05) is 5.32 Å². The zero-order valence-corrected chi connectivity index (χ0v) is 9.94. The van der Waals surface area contributed by atoms with Gasteiger partial charge in [-0.3, -0.25) is 4.79 Å². The summed E-state index contributed by atoms with van der Waals surface area (Å²) >= 11 is 0. The van der Waals surface area contributed by atoms with Crippen molar-refractivity contribution >= 4 is 11.6 Å². The largest absolute Gasteiger partial charge is 0.328 e. The summed E-state index contributed by atoms with van der Waals surface area (Å²) in [5.41, 5.74) is 6.80. The Morgan fingerprint density at radius 3 is 3.00 bits per heavy atom. The van der Waals surface area contributed by atoms with E-state index in [0.29, 0.717) is 17.7 Å². The third kappa shape index (κ3) is 5.14. The van der Waals surface area contributed by atoms with Gasteiger partial charge >= 0.3 is 0 Å². The highest BCUT2D eigenvalue weighted by atomic mass is 16.1. The van der Waals surface area contributed by atoms with Crippen LogP contribution in [0.1, 0.15) is 31.7 Å². The van der Waals surface area contributed by atoms with Crippen molar-refractivity contribution in [1.29, 1.82) is 5.26 Å². The van der Waals surface area contributed by atoms with Gasteiger partial charge in [0.05, 0.1) is 11.6 Å². The number of nitriles is 1. The lowest BCUT2D eigenvalue weighted by molar-refractivity contribution is -0.116. The average molecular weight is 231 g/mol. The van der Waals surface area contributed by atoms with Crippen LogP contribution in [0.15, 0.2) is 24.3 Å². The van der Waals surface area contributed by atoms with Crippen LogP contribution in [0.4, 0.5) is 5.69 Å². The Bertz CT molecular complexity index is 421. The summed E-state index contributed by atoms with van der Waals surface area (Å²) in [6.45, 7) is 1.92. The molecule has 3 N–H and O–H groups in total. The zero-order valence-electron chi connectivity index (χ0n) is 9.94. The van der Waals surface area contributed by atoms with E-state index < -0.39 is 0 Å². The minimum atomic E-state index is -0.0410. The van der Waals surface area contributed by atoms with E-state index in [4.69, 9.17) is 11.0 Å². The predicted molar refractivity (Wildman–Crippen MR) is 67.3 cm³/mol. The van der Waals surface area contributed by atoms with Crippen LogP contribution >= 0.6 is 0 Å². The first-order valence-corrected chi connectivity index (χ1v) is 5.67. The maximum atomic E-state index is 11.6. The van der Waals surface area contributed by atoms with E-state index in [1.54, 1.807) is 24.3 Å². The summed E-state index contributed by atoms with van der Waals surface area (Å²) in [5, 5.41) is 11.5. The van der Waals surface area contributed by atoms with Gasteiger partial charge in [0.15, 0.2) is 0 Å². The summed E-state index contributed by atoms with van der Waals surface area (Å²) in [6, 6.07) is 9.03. The molecule has 4 heteroatoms. The number of hydrogen-bond acceptors (Lipinski definition) is 3. The average Bonchev–Trinajstić information content (AvgIpc) is 2.28. The van der Waals surface area contributed by atoms with Crippen LogP contribution in [0.2, 0.25) is 0 Å². The van der Waals surface area contributed by atoms with Gasteiger partial charge in [-0.05, 0) is 38.0 Å². The number of nitrogens with zero attached hydrogens (tertiary/aromatic N) is 1. The SMILES string of the molecule is CC(N)CCCC(=O)Nc1cccc(C#N)c1. The Kier molecular flexibility index (Phi) is 5.18. The lowest BCUT2D eigenvalue weighted by Crippen LogP contribution is -2.16. The third-order valence-electron chi connectivity index (χ3n) is 2.34. The van der Waals surface area contributed by atoms with Crippen LogP contribution < -0.4 is 11.1 Å². The summed E-state index contributed by atoms with van der Waals surface area (Å²) in [7, 11) is 0. The molecule has 1 aromatic rings. The molecule has 0 saturated heterocycles. The number of carbonyl (C=O) groups excluding carboxylic acids is 1. The number of anilines is 1. The minimum absolute atomic E-state index is 0.0410. The van der Waals surface area contributed by atoms with Crippen LogP contribution in [-0.4, -0.2) is 11.9 Å². The van der Waals surface area contributed by atoms with E-state index in [-0.39, 0.29) is 11.9 Å². The molecule has 0 spiro atoms. The van der Waals surface area contributed by atoms with E-state index >= 15 is 0 Å². The molecule has 0 radical (unpaired) electrons. The molecule has 0 heterocycles. The fraction of sp³-hybridized carbons (Fsp3) is 0.385. The lowest BCUT2D eigenvalue weighted by Gasteiger charge is -2.06. The fourth-order valence-corrected chi connectivity index (χ4v) is 1.47. The number of amides is 1. The summed E-state index contributed by atoms with van der Waals surface area (Å²) in [6.07, 6.45) is 2.07. The molecular weight excluding hydrogens is 214 g/mol. The van der Waals surface area contributed by atoms with Gasteiger partial charge in [0, 0.05) is 18.2 Å². The van der Waals surface area contributed by atoms with E-state index in [1.807, 2.05) is 13.0 Å². The van der Waals surface area contributed by atoms with Crippen molar-refractivity contribution in [3.63, 3.8) is 0 Å². The highest BCUT2D eigenvalue weighted by Crippen LogP contribution is 2.10. The molecule has 1 atom stereocenters. The van der Waals surface area contributed by atoms with Gasteiger partial charge in [-0.1, -0.05) is 6.07 Å². The van der Waals surface area contributed by atoms with E-state index in [2.05, 4.69) is 5.32 Å².